The van der Waals surface area contributed by atoms with Gasteiger partial charge >= 0.3 is 5.97 Å². The first-order chi connectivity index (χ1) is 24.0. The number of fused-ring (bicyclic) bond motifs is 5. The summed E-state index contributed by atoms with van der Waals surface area (Å²) < 4.78 is 0. The SMILES string of the molecule is O=C(O)[C@@H]1C/C=C/C[C@H](CCCCCC[C@@H]2C=CCC2)[C@H](c2ccc(O)cc2)Cc2cccc(c2)[C@]12CC[C@@H]1C=c3ccccc3=C[C@@H]1C2. The molecule has 7 rings (SSSR count). The average Bonchev–Trinajstić information content (AvgIpc) is 3.64. The number of aliphatic carboxylic acids is 1. The summed E-state index contributed by atoms with van der Waals surface area (Å²) in [6, 6.07) is 25.6. The molecule has 0 unspecified atom stereocenters. The van der Waals surface area contributed by atoms with Gasteiger partial charge in [0.15, 0.2) is 0 Å². The molecule has 1 fully saturated rings. The minimum atomic E-state index is -0.669. The van der Waals surface area contributed by atoms with Crippen molar-refractivity contribution in [2.24, 2.45) is 29.6 Å². The Hall–Kier alpha value is -3.85. The van der Waals surface area contributed by atoms with Gasteiger partial charge in [-0.05, 0) is 133 Å². The van der Waals surface area contributed by atoms with Gasteiger partial charge in [0.05, 0.1) is 5.92 Å². The number of phenols is 1. The fourth-order valence-corrected chi connectivity index (χ4v) is 9.95. The lowest BCUT2D eigenvalue weighted by atomic mass is 9.55. The minimum absolute atomic E-state index is 0.309. The van der Waals surface area contributed by atoms with Crippen LogP contribution < -0.4 is 10.4 Å². The number of benzene rings is 3. The zero-order valence-corrected chi connectivity index (χ0v) is 29.1. The molecule has 0 heterocycles. The Labute approximate surface area is 293 Å². The Balaban J connectivity index is 1.17. The van der Waals surface area contributed by atoms with E-state index in [-0.39, 0.29) is 0 Å². The highest BCUT2D eigenvalue weighted by Gasteiger charge is 2.49. The molecule has 4 aliphatic rings. The van der Waals surface area contributed by atoms with E-state index in [9.17, 15) is 15.0 Å². The summed E-state index contributed by atoms with van der Waals surface area (Å²) in [5.41, 5.74) is 3.36. The molecule has 49 heavy (non-hydrogen) atoms. The second-order valence-electron chi connectivity index (χ2n) is 15.6. The quantitative estimate of drug-likeness (QED) is 0.178. The van der Waals surface area contributed by atoms with Crippen LogP contribution in [0.2, 0.25) is 0 Å². The van der Waals surface area contributed by atoms with Gasteiger partial charge in [0.25, 0.3) is 0 Å². The monoisotopic (exact) mass is 654 g/mol. The first-order valence-corrected chi connectivity index (χ1v) is 19.2. The third-order valence-electron chi connectivity index (χ3n) is 12.7. The van der Waals surface area contributed by atoms with Crippen molar-refractivity contribution in [1.29, 1.82) is 0 Å². The summed E-state index contributed by atoms with van der Waals surface area (Å²) in [6.45, 7) is 0. The normalized spacial score (nSPS) is 29.8. The van der Waals surface area contributed by atoms with Crippen LogP contribution in [-0.2, 0) is 16.6 Å². The maximum absolute atomic E-state index is 13.3. The predicted octanol–water partition coefficient (Wildman–Crippen LogP) is 9.62. The number of carboxylic acid groups (broad SMARTS) is 1. The zero-order chi connectivity index (χ0) is 33.6. The Morgan fingerprint density at radius 3 is 2.29 bits per heavy atom. The summed E-state index contributed by atoms with van der Waals surface area (Å²) in [5, 5.41) is 23.7. The molecule has 3 heteroatoms. The van der Waals surface area contributed by atoms with Gasteiger partial charge < -0.3 is 10.2 Å². The number of phenolic OH excluding ortho intramolecular Hbond substituents is 1. The molecule has 0 aliphatic heterocycles. The van der Waals surface area contributed by atoms with Gasteiger partial charge in [0.1, 0.15) is 5.75 Å². The molecule has 3 aromatic rings. The van der Waals surface area contributed by atoms with E-state index in [2.05, 4.69) is 97.1 Å². The van der Waals surface area contributed by atoms with Crippen molar-refractivity contribution in [2.75, 3.05) is 0 Å². The second kappa shape index (κ2) is 15.4. The van der Waals surface area contributed by atoms with Crippen LogP contribution >= 0.6 is 0 Å². The number of hydrogen-bond donors (Lipinski definition) is 2. The molecule has 256 valence electrons. The van der Waals surface area contributed by atoms with E-state index in [1.54, 1.807) is 0 Å². The van der Waals surface area contributed by atoms with Gasteiger partial charge in [-0.15, -0.1) is 0 Å². The Kier molecular flexibility index (Phi) is 10.5. The first-order valence-electron chi connectivity index (χ1n) is 19.2. The Morgan fingerprint density at radius 1 is 0.776 bits per heavy atom. The van der Waals surface area contributed by atoms with Gasteiger partial charge in [-0.1, -0.05) is 123 Å². The number of aromatic hydroxyl groups is 1. The molecule has 3 aromatic carbocycles. The molecule has 1 saturated carbocycles. The fourth-order valence-electron chi connectivity index (χ4n) is 9.95. The summed E-state index contributed by atoms with van der Waals surface area (Å²) in [7, 11) is 0. The van der Waals surface area contributed by atoms with Crippen molar-refractivity contribution >= 4 is 18.1 Å². The Morgan fingerprint density at radius 2 is 1.53 bits per heavy atom. The molecular formula is C46H54O3. The van der Waals surface area contributed by atoms with Crippen LogP contribution in [-0.4, -0.2) is 16.2 Å². The summed E-state index contributed by atoms with van der Waals surface area (Å²) in [5.74, 6) is 1.52. The van der Waals surface area contributed by atoms with E-state index >= 15 is 0 Å². The summed E-state index contributed by atoms with van der Waals surface area (Å²) in [4.78, 5) is 13.3. The molecule has 3 nitrogen and oxygen atoms in total. The molecular weight excluding hydrogens is 601 g/mol. The highest BCUT2D eigenvalue weighted by molar-refractivity contribution is 5.73. The van der Waals surface area contributed by atoms with Crippen LogP contribution in [0.15, 0.2) is 97.1 Å². The number of rotatable bonds is 9. The standard InChI is InChI=1S/C46H54O3/c47-42-24-22-36(23-25-42)43-29-34-15-11-20-41(28-34)46(27-26-39-30-37-18-7-8-19-38(37)31-40(39)32-46)44(45(48)49)21-10-9-17-35(43)16-4-2-1-3-12-33-13-5-6-14-33/h5,7-11,13,15,18-20,22-25,28,30-31,33,35,39-40,43-44,47H,1-4,6,12,14,16-17,21,26-27,29,32H2,(H,48,49)/b10-9+/t33-,35+,39-,40-,43-,44+,46-/m1/s1. The van der Waals surface area contributed by atoms with E-state index in [0.29, 0.717) is 35.8 Å². The molecule has 0 saturated heterocycles. The topological polar surface area (TPSA) is 57.5 Å². The third kappa shape index (κ3) is 7.67. The molecule has 1 spiro atoms. The van der Waals surface area contributed by atoms with Crippen LogP contribution in [0.5, 0.6) is 5.75 Å². The van der Waals surface area contributed by atoms with Gasteiger partial charge in [-0.25, -0.2) is 0 Å². The highest BCUT2D eigenvalue weighted by atomic mass is 16.4. The molecule has 2 N–H and O–H groups in total. The third-order valence-corrected chi connectivity index (χ3v) is 12.7. The molecule has 7 atom stereocenters. The second-order valence-corrected chi connectivity index (χ2v) is 15.6. The molecule has 0 aromatic heterocycles. The molecule has 4 aliphatic carbocycles. The van der Waals surface area contributed by atoms with E-state index in [1.165, 1.54) is 72.1 Å². The van der Waals surface area contributed by atoms with Crippen molar-refractivity contribution in [3.05, 3.63) is 124 Å². The van der Waals surface area contributed by atoms with E-state index in [0.717, 1.165) is 44.4 Å². The smallest absolute Gasteiger partial charge is 0.307 e. The molecule has 2 bridgehead atoms. The van der Waals surface area contributed by atoms with Gasteiger partial charge in [0.2, 0.25) is 0 Å². The number of carboxylic acids is 1. The predicted molar refractivity (Wildman–Crippen MR) is 201 cm³/mol. The van der Waals surface area contributed by atoms with Crippen molar-refractivity contribution < 1.29 is 15.0 Å². The number of carbonyl (C=O) groups is 1. The van der Waals surface area contributed by atoms with Crippen molar-refractivity contribution in [2.45, 2.75) is 101 Å². The van der Waals surface area contributed by atoms with Crippen LogP contribution in [0, 0.1) is 29.6 Å². The maximum Gasteiger partial charge on any atom is 0.307 e. The number of allylic oxidation sites excluding steroid dienone is 4. The molecule has 0 amide bonds. The van der Waals surface area contributed by atoms with Crippen molar-refractivity contribution in [1.82, 2.24) is 0 Å². The summed E-state index contributed by atoms with van der Waals surface area (Å²) in [6.07, 6.45) is 29.5. The van der Waals surface area contributed by atoms with Crippen LogP contribution in [0.1, 0.15) is 106 Å². The first kappa shape index (κ1) is 33.6. The zero-order valence-electron chi connectivity index (χ0n) is 29.1. The lowest BCUT2D eigenvalue weighted by Gasteiger charge is -2.48. The van der Waals surface area contributed by atoms with Crippen LogP contribution in [0.3, 0.4) is 0 Å². The van der Waals surface area contributed by atoms with Gasteiger partial charge in [-0.3, -0.25) is 4.79 Å². The minimum Gasteiger partial charge on any atom is -0.508 e. The highest BCUT2D eigenvalue weighted by Crippen LogP contribution is 2.52. The van der Waals surface area contributed by atoms with E-state index in [4.69, 9.17) is 0 Å². The average molecular weight is 655 g/mol. The van der Waals surface area contributed by atoms with Crippen LogP contribution in [0.25, 0.3) is 12.2 Å². The summed E-state index contributed by atoms with van der Waals surface area (Å²) >= 11 is 0. The van der Waals surface area contributed by atoms with Crippen molar-refractivity contribution in [3.63, 3.8) is 0 Å². The van der Waals surface area contributed by atoms with E-state index in [1.807, 2.05) is 12.1 Å². The van der Waals surface area contributed by atoms with Crippen molar-refractivity contribution in [3.8, 4) is 5.75 Å². The maximum atomic E-state index is 13.3. The lowest BCUT2D eigenvalue weighted by Crippen LogP contribution is -2.47. The number of unbranched alkanes of at least 4 members (excludes halogenated alkanes) is 3. The Bertz CT molecular complexity index is 1770. The van der Waals surface area contributed by atoms with E-state index < -0.39 is 17.3 Å². The fraction of sp³-hybridized carbons (Fsp3) is 0.457. The molecule has 0 radical (unpaired) electrons. The van der Waals surface area contributed by atoms with Gasteiger partial charge in [0, 0.05) is 5.41 Å². The lowest BCUT2D eigenvalue weighted by molar-refractivity contribution is -0.145. The van der Waals surface area contributed by atoms with Gasteiger partial charge in [-0.2, -0.15) is 0 Å². The largest absolute Gasteiger partial charge is 0.508 e. The number of hydrogen-bond acceptors (Lipinski definition) is 2. The van der Waals surface area contributed by atoms with Crippen LogP contribution in [0.4, 0.5) is 0 Å².